The van der Waals surface area contributed by atoms with E-state index in [1.807, 2.05) is 60.7 Å². The Bertz CT molecular complexity index is 1260. The summed E-state index contributed by atoms with van der Waals surface area (Å²) in [5.41, 5.74) is 2.13. The predicted octanol–water partition coefficient (Wildman–Crippen LogP) is 5.67. The van der Waals surface area contributed by atoms with Crippen molar-refractivity contribution in [1.82, 2.24) is 15.0 Å². The number of hydrogen-bond donors (Lipinski definition) is 0. The van der Waals surface area contributed by atoms with Gasteiger partial charge in [0.2, 0.25) is 0 Å². The molecular formula is C29H29N3O4. The van der Waals surface area contributed by atoms with Gasteiger partial charge in [0.15, 0.2) is 5.82 Å². The van der Waals surface area contributed by atoms with Crippen molar-refractivity contribution in [3.8, 4) is 23.0 Å². The quantitative estimate of drug-likeness (QED) is 0.321. The molecule has 1 saturated heterocycles. The second-order valence-corrected chi connectivity index (χ2v) is 9.15. The Kier molecular flexibility index (Phi) is 7.26. The number of para-hydroxylation sites is 1. The zero-order valence-electron chi connectivity index (χ0n) is 20.2. The molecule has 0 radical (unpaired) electrons. The van der Waals surface area contributed by atoms with Crippen LogP contribution in [-0.2, 0) is 12.8 Å². The van der Waals surface area contributed by atoms with Crippen LogP contribution in [0.15, 0.2) is 89.5 Å². The van der Waals surface area contributed by atoms with Crippen molar-refractivity contribution in [3.05, 3.63) is 96.3 Å². The van der Waals surface area contributed by atoms with Crippen LogP contribution in [0.4, 0.5) is 4.79 Å². The smallest absolute Gasteiger partial charge is 0.415 e. The fourth-order valence-electron chi connectivity index (χ4n) is 4.44. The maximum absolute atomic E-state index is 12.6. The molecule has 7 heteroatoms. The molecule has 0 spiro atoms. The lowest BCUT2D eigenvalue weighted by Gasteiger charge is -2.16. The van der Waals surface area contributed by atoms with Crippen LogP contribution in [0.1, 0.15) is 18.3 Å². The van der Waals surface area contributed by atoms with Crippen LogP contribution in [0.2, 0.25) is 0 Å². The predicted molar refractivity (Wildman–Crippen MR) is 136 cm³/mol. The van der Waals surface area contributed by atoms with Gasteiger partial charge in [0.1, 0.15) is 11.5 Å². The molecule has 0 aliphatic carbocycles. The molecule has 2 atom stereocenters. The molecule has 5 rings (SSSR count). The molecule has 1 aromatic heterocycles. The van der Waals surface area contributed by atoms with Gasteiger partial charge in [0.25, 0.3) is 5.89 Å². The summed E-state index contributed by atoms with van der Waals surface area (Å²) >= 11 is 0. The lowest BCUT2D eigenvalue weighted by atomic mass is 9.91. The number of rotatable bonds is 8. The van der Waals surface area contributed by atoms with Crippen molar-refractivity contribution in [2.45, 2.75) is 19.8 Å². The first-order chi connectivity index (χ1) is 17.6. The Morgan fingerprint density at radius 3 is 2.42 bits per heavy atom. The Morgan fingerprint density at radius 1 is 0.944 bits per heavy atom. The van der Waals surface area contributed by atoms with Gasteiger partial charge in [0, 0.05) is 25.1 Å². The molecule has 0 bridgehead atoms. The van der Waals surface area contributed by atoms with E-state index in [0.29, 0.717) is 55.4 Å². The third-order valence-corrected chi connectivity index (χ3v) is 6.48. The Morgan fingerprint density at radius 2 is 1.67 bits per heavy atom. The highest BCUT2D eigenvalue weighted by Gasteiger charge is 2.33. The number of likely N-dealkylation sites (tertiary alicyclic amines) is 1. The minimum atomic E-state index is -0.281. The van der Waals surface area contributed by atoms with E-state index >= 15 is 0 Å². The number of aromatic nitrogens is 2. The van der Waals surface area contributed by atoms with Crippen LogP contribution in [0.5, 0.6) is 11.5 Å². The summed E-state index contributed by atoms with van der Waals surface area (Å²) in [6.07, 6.45) is 1.19. The summed E-state index contributed by atoms with van der Waals surface area (Å²) in [5, 5.41) is 4.04. The molecule has 36 heavy (non-hydrogen) atoms. The first-order valence-electron chi connectivity index (χ1n) is 12.3. The summed E-state index contributed by atoms with van der Waals surface area (Å²) in [4.78, 5) is 18.8. The van der Waals surface area contributed by atoms with Gasteiger partial charge < -0.3 is 18.9 Å². The molecule has 184 valence electrons. The molecule has 0 unspecified atom stereocenters. The Balaban J connectivity index is 1.08. The summed E-state index contributed by atoms with van der Waals surface area (Å²) in [5.74, 6) is 3.30. The molecule has 1 amide bonds. The van der Waals surface area contributed by atoms with Crippen LogP contribution in [0.3, 0.4) is 0 Å². The van der Waals surface area contributed by atoms with Gasteiger partial charge in [-0.05, 0) is 60.2 Å². The highest BCUT2D eigenvalue weighted by atomic mass is 16.6. The third kappa shape index (κ3) is 5.92. The largest absolute Gasteiger partial charge is 0.493 e. The Labute approximate surface area is 210 Å². The second-order valence-electron chi connectivity index (χ2n) is 9.15. The summed E-state index contributed by atoms with van der Waals surface area (Å²) in [7, 11) is 0. The fourth-order valence-corrected chi connectivity index (χ4v) is 4.44. The zero-order valence-corrected chi connectivity index (χ0v) is 20.2. The van der Waals surface area contributed by atoms with E-state index in [1.54, 1.807) is 17.0 Å². The van der Waals surface area contributed by atoms with Gasteiger partial charge in [-0.3, -0.25) is 0 Å². The first-order valence-corrected chi connectivity index (χ1v) is 12.3. The van der Waals surface area contributed by atoms with E-state index in [1.165, 1.54) is 5.56 Å². The molecule has 3 aromatic carbocycles. The SMILES string of the molecule is C[C@H]1CN(C(=O)Oc2ccccc2)C[C@H]1Cc1ccc(OCCc2noc(-c3ccccc3)n2)cc1. The van der Waals surface area contributed by atoms with Gasteiger partial charge in [-0.2, -0.15) is 4.98 Å². The molecule has 4 aromatic rings. The first kappa shape index (κ1) is 23.6. The molecule has 0 saturated carbocycles. The number of hydrogen-bond acceptors (Lipinski definition) is 6. The van der Waals surface area contributed by atoms with Crippen LogP contribution >= 0.6 is 0 Å². The number of benzene rings is 3. The van der Waals surface area contributed by atoms with Gasteiger partial charge in [0.05, 0.1) is 6.61 Å². The molecule has 0 N–H and O–H groups in total. The fraction of sp³-hybridized carbons (Fsp3) is 0.276. The Hall–Kier alpha value is -4.13. The van der Waals surface area contributed by atoms with E-state index in [0.717, 1.165) is 17.7 Å². The number of carbonyl (C=O) groups is 1. The van der Waals surface area contributed by atoms with Crippen LogP contribution < -0.4 is 9.47 Å². The summed E-state index contributed by atoms with van der Waals surface area (Å²) in [6, 6.07) is 27.1. The number of carbonyl (C=O) groups excluding carboxylic acids is 1. The lowest BCUT2D eigenvalue weighted by molar-refractivity contribution is 0.160. The van der Waals surface area contributed by atoms with Crippen LogP contribution in [0, 0.1) is 11.8 Å². The summed E-state index contributed by atoms with van der Waals surface area (Å²) < 4.78 is 16.7. The van der Waals surface area contributed by atoms with E-state index < -0.39 is 0 Å². The molecule has 2 heterocycles. The lowest BCUT2D eigenvalue weighted by Crippen LogP contribution is -2.31. The van der Waals surface area contributed by atoms with Crippen molar-refractivity contribution < 1.29 is 18.8 Å². The van der Waals surface area contributed by atoms with Crippen molar-refractivity contribution in [2.24, 2.45) is 11.8 Å². The zero-order chi connectivity index (χ0) is 24.7. The second kappa shape index (κ2) is 11.1. The molecular weight excluding hydrogens is 454 g/mol. The number of ether oxygens (including phenoxy) is 2. The molecule has 7 nitrogen and oxygen atoms in total. The van der Waals surface area contributed by atoms with Gasteiger partial charge >= 0.3 is 6.09 Å². The maximum atomic E-state index is 12.6. The van der Waals surface area contributed by atoms with E-state index in [9.17, 15) is 4.79 Å². The third-order valence-electron chi connectivity index (χ3n) is 6.48. The molecule has 1 fully saturated rings. The summed E-state index contributed by atoms with van der Waals surface area (Å²) in [6.45, 7) is 4.06. The van der Waals surface area contributed by atoms with Gasteiger partial charge in [-0.1, -0.05) is 60.6 Å². The monoisotopic (exact) mass is 483 g/mol. The highest BCUT2D eigenvalue weighted by molar-refractivity contribution is 5.71. The minimum Gasteiger partial charge on any atom is -0.493 e. The highest BCUT2D eigenvalue weighted by Crippen LogP contribution is 2.28. The standard InChI is InChI=1S/C29H29N3O4/c1-21-19-32(29(33)35-26-10-6-3-7-11-26)20-24(21)18-22-12-14-25(15-13-22)34-17-16-27-30-28(36-31-27)23-8-4-2-5-9-23/h2-15,21,24H,16-20H2,1H3/t21-,24+/m0/s1. The average molecular weight is 484 g/mol. The van der Waals surface area contributed by atoms with Crippen molar-refractivity contribution in [3.63, 3.8) is 0 Å². The van der Waals surface area contributed by atoms with Crippen molar-refractivity contribution in [1.29, 1.82) is 0 Å². The normalized spacial score (nSPS) is 17.2. The van der Waals surface area contributed by atoms with Crippen LogP contribution in [-0.4, -0.2) is 40.8 Å². The number of nitrogens with zero attached hydrogens (tertiary/aromatic N) is 3. The molecule has 1 aliphatic rings. The minimum absolute atomic E-state index is 0.281. The van der Waals surface area contributed by atoms with E-state index in [-0.39, 0.29) is 6.09 Å². The van der Waals surface area contributed by atoms with Crippen molar-refractivity contribution in [2.75, 3.05) is 19.7 Å². The van der Waals surface area contributed by atoms with Gasteiger partial charge in [-0.25, -0.2) is 4.79 Å². The number of amides is 1. The maximum Gasteiger partial charge on any atom is 0.415 e. The van der Waals surface area contributed by atoms with Gasteiger partial charge in [-0.15, -0.1) is 0 Å². The van der Waals surface area contributed by atoms with Crippen molar-refractivity contribution >= 4 is 6.09 Å². The average Bonchev–Trinajstić information content (AvgIpc) is 3.53. The van der Waals surface area contributed by atoms with E-state index in [4.69, 9.17) is 14.0 Å². The molecule has 1 aliphatic heterocycles. The topological polar surface area (TPSA) is 77.7 Å². The van der Waals surface area contributed by atoms with E-state index in [2.05, 4.69) is 29.2 Å². The van der Waals surface area contributed by atoms with Crippen LogP contribution in [0.25, 0.3) is 11.5 Å².